The second-order valence-electron chi connectivity index (χ2n) is 4.55. The van der Waals surface area contributed by atoms with Crippen molar-refractivity contribution >= 4 is 24.2 Å². The van der Waals surface area contributed by atoms with Crippen molar-refractivity contribution in [1.82, 2.24) is 0 Å². The standard InChI is InChI=1S/C14H11BClF3O3/c16-12-5-4-10(14(17,18)19)7-13(12)22-8-9-2-1-3-11(6-9)15(20)21/h1-7,20-21H,8H2. The Bertz CT molecular complexity index is 662. The third-order valence-corrected chi connectivity index (χ3v) is 3.21. The average molecular weight is 330 g/mol. The van der Waals surface area contributed by atoms with E-state index >= 15 is 0 Å². The predicted octanol–water partition coefficient (Wildman–Crippen LogP) is 2.62. The van der Waals surface area contributed by atoms with Gasteiger partial charge in [0.25, 0.3) is 0 Å². The lowest BCUT2D eigenvalue weighted by Gasteiger charge is -2.12. The summed E-state index contributed by atoms with van der Waals surface area (Å²) in [5.41, 5.74) is -0.0262. The zero-order chi connectivity index (χ0) is 16.3. The van der Waals surface area contributed by atoms with Gasteiger partial charge in [0.1, 0.15) is 12.4 Å². The molecule has 8 heteroatoms. The second-order valence-corrected chi connectivity index (χ2v) is 4.96. The van der Waals surface area contributed by atoms with Gasteiger partial charge in [0.2, 0.25) is 0 Å². The first-order chi connectivity index (χ1) is 10.3. The quantitative estimate of drug-likeness (QED) is 0.847. The van der Waals surface area contributed by atoms with Crippen molar-refractivity contribution in [2.75, 3.05) is 0 Å². The molecule has 0 unspecified atom stereocenters. The zero-order valence-electron chi connectivity index (χ0n) is 11.1. The van der Waals surface area contributed by atoms with Crippen LogP contribution in [0.5, 0.6) is 5.75 Å². The van der Waals surface area contributed by atoms with Crippen LogP contribution in [0.4, 0.5) is 13.2 Å². The first kappa shape index (κ1) is 16.7. The van der Waals surface area contributed by atoms with Gasteiger partial charge in [-0.1, -0.05) is 35.9 Å². The van der Waals surface area contributed by atoms with Gasteiger partial charge in [-0.2, -0.15) is 13.2 Å². The van der Waals surface area contributed by atoms with Crippen LogP contribution in [0.1, 0.15) is 11.1 Å². The molecular weight excluding hydrogens is 319 g/mol. The van der Waals surface area contributed by atoms with Crippen LogP contribution in [-0.2, 0) is 12.8 Å². The summed E-state index contributed by atoms with van der Waals surface area (Å²) in [5, 5.41) is 18.2. The molecule has 0 aliphatic heterocycles. The van der Waals surface area contributed by atoms with Gasteiger partial charge in [-0.3, -0.25) is 0 Å². The van der Waals surface area contributed by atoms with E-state index in [0.717, 1.165) is 18.2 Å². The molecule has 0 aliphatic carbocycles. The third kappa shape index (κ3) is 4.16. The van der Waals surface area contributed by atoms with E-state index in [0.29, 0.717) is 5.56 Å². The van der Waals surface area contributed by atoms with Crippen molar-refractivity contribution in [2.24, 2.45) is 0 Å². The highest BCUT2D eigenvalue weighted by atomic mass is 35.5. The number of ether oxygens (including phenoxy) is 1. The van der Waals surface area contributed by atoms with E-state index in [-0.39, 0.29) is 22.8 Å². The van der Waals surface area contributed by atoms with Crippen molar-refractivity contribution in [3.05, 3.63) is 58.6 Å². The topological polar surface area (TPSA) is 49.7 Å². The summed E-state index contributed by atoms with van der Waals surface area (Å²) in [7, 11) is -1.63. The molecule has 0 saturated carbocycles. The lowest BCUT2D eigenvalue weighted by atomic mass is 9.80. The normalized spacial score (nSPS) is 11.4. The Kier molecular flexibility index (Phi) is 5.00. The fraction of sp³-hybridized carbons (Fsp3) is 0.143. The van der Waals surface area contributed by atoms with Crippen molar-refractivity contribution < 1.29 is 28.0 Å². The lowest BCUT2D eigenvalue weighted by Crippen LogP contribution is -2.29. The highest BCUT2D eigenvalue weighted by molar-refractivity contribution is 6.58. The zero-order valence-corrected chi connectivity index (χ0v) is 11.9. The summed E-state index contributed by atoms with van der Waals surface area (Å²) >= 11 is 5.82. The summed E-state index contributed by atoms with van der Waals surface area (Å²) in [5.74, 6) is -0.0913. The predicted molar refractivity (Wildman–Crippen MR) is 77.1 cm³/mol. The number of benzene rings is 2. The number of halogens is 4. The maximum Gasteiger partial charge on any atom is 0.488 e. The Morgan fingerprint density at radius 1 is 1.09 bits per heavy atom. The van der Waals surface area contributed by atoms with Gasteiger partial charge in [-0.15, -0.1) is 0 Å². The molecule has 0 heterocycles. The van der Waals surface area contributed by atoms with Crippen LogP contribution in [0, 0.1) is 0 Å². The van der Waals surface area contributed by atoms with Crippen LogP contribution >= 0.6 is 11.6 Å². The second kappa shape index (κ2) is 6.60. The smallest absolute Gasteiger partial charge is 0.487 e. The monoisotopic (exact) mass is 330 g/mol. The van der Waals surface area contributed by atoms with Crippen LogP contribution in [-0.4, -0.2) is 17.2 Å². The maximum atomic E-state index is 12.7. The molecule has 0 radical (unpaired) electrons. The lowest BCUT2D eigenvalue weighted by molar-refractivity contribution is -0.137. The number of rotatable bonds is 4. The summed E-state index contributed by atoms with van der Waals surface area (Å²) < 4.78 is 43.2. The maximum absolute atomic E-state index is 12.7. The van der Waals surface area contributed by atoms with Gasteiger partial charge in [-0.25, -0.2) is 0 Å². The highest BCUT2D eigenvalue weighted by Gasteiger charge is 2.31. The van der Waals surface area contributed by atoms with E-state index in [1.54, 1.807) is 12.1 Å². The van der Waals surface area contributed by atoms with Crippen LogP contribution in [0.15, 0.2) is 42.5 Å². The summed E-state index contributed by atoms with van der Waals surface area (Å²) in [6.45, 7) is -0.0540. The average Bonchev–Trinajstić information content (AvgIpc) is 2.45. The van der Waals surface area contributed by atoms with Crippen LogP contribution in [0.2, 0.25) is 5.02 Å². The van der Waals surface area contributed by atoms with Gasteiger partial charge in [0.15, 0.2) is 0 Å². The van der Waals surface area contributed by atoms with E-state index in [9.17, 15) is 13.2 Å². The molecular formula is C14H11BClF3O3. The third-order valence-electron chi connectivity index (χ3n) is 2.90. The minimum Gasteiger partial charge on any atom is -0.487 e. The van der Waals surface area contributed by atoms with E-state index < -0.39 is 18.9 Å². The fourth-order valence-corrected chi connectivity index (χ4v) is 1.97. The molecule has 2 rings (SSSR count). The van der Waals surface area contributed by atoms with Gasteiger partial charge in [0.05, 0.1) is 10.6 Å². The summed E-state index contributed by atoms with van der Waals surface area (Å²) in [6.07, 6.45) is -4.48. The molecule has 0 aromatic heterocycles. The van der Waals surface area contributed by atoms with Gasteiger partial charge < -0.3 is 14.8 Å². The molecule has 0 atom stereocenters. The summed E-state index contributed by atoms with van der Waals surface area (Å²) in [4.78, 5) is 0. The molecule has 0 spiro atoms. The molecule has 0 fully saturated rings. The van der Waals surface area contributed by atoms with Crippen molar-refractivity contribution in [2.45, 2.75) is 12.8 Å². The molecule has 3 nitrogen and oxygen atoms in total. The largest absolute Gasteiger partial charge is 0.488 e. The van der Waals surface area contributed by atoms with E-state index in [1.807, 2.05) is 0 Å². The van der Waals surface area contributed by atoms with Gasteiger partial charge in [-0.05, 0) is 29.2 Å². The minimum atomic E-state index is -4.48. The van der Waals surface area contributed by atoms with Crippen LogP contribution in [0.25, 0.3) is 0 Å². The van der Waals surface area contributed by atoms with Gasteiger partial charge in [0, 0.05) is 0 Å². The Hall–Kier alpha value is -1.70. The van der Waals surface area contributed by atoms with Crippen molar-refractivity contribution in [3.8, 4) is 5.75 Å². The molecule has 0 saturated heterocycles. The van der Waals surface area contributed by atoms with Crippen molar-refractivity contribution in [3.63, 3.8) is 0 Å². The Morgan fingerprint density at radius 2 is 1.82 bits per heavy atom. The minimum absolute atomic E-state index is 0.0540. The molecule has 2 aromatic carbocycles. The van der Waals surface area contributed by atoms with Crippen molar-refractivity contribution in [1.29, 1.82) is 0 Å². The number of hydrogen-bond acceptors (Lipinski definition) is 3. The molecule has 2 N–H and O–H groups in total. The Balaban J connectivity index is 2.16. The molecule has 0 bridgehead atoms. The molecule has 116 valence electrons. The SMILES string of the molecule is OB(O)c1cccc(COc2cc(C(F)(F)F)ccc2Cl)c1. The van der Waals surface area contributed by atoms with Gasteiger partial charge >= 0.3 is 13.3 Å². The van der Waals surface area contributed by atoms with E-state index in [2.05, 4.69) is 0 Å². The Labute approximate surface area is 130 Å². The number of hydrogen-bond donors (Lipinski definition) is 2. The van der Waals surface area contributed by atoms with E-state index in [1.165, 1.54) is 12.1 Å². The molecule has 2 aromatic rings. The molecule has 0 amide bonds. The van der Waals surface area contributed by atoms with Crippen LogP contribution < -0.4 is 10.2 Å². The van der Waals surface area contributed by atoms with Crippen LogP contribution in [0.3, 0.4) is 0 Å². The fourth-order valence-electron chi connectivity index (χ4n) is 1.79. The summed E-state index contributed by atoms with van der Waals surface area (Å²) in [6, 6.07) is 9.03. The Morgan fingerprint density at radius 3 is 2.45 bits per heavy atom. The first-order valence-electron chi connectivity index (χ1n) is 6.22. The first-order valence-corrected chi connectivity index (χ1v) is 6.59. The highest BCUT2D eigenvalue weighted by Crippen LogP contribution is 2.35. The number of alkyl halides is 3. The molecule has 0 aliphatic rings. The van der Waals surface area contributed by atoms with E-state index in [4.69, 9.17) is 26.4 Å². The molecule has 22 heavy (non-hydrogen) atoms.